The Morgan fingerprint density at radius 1 is 1.14 bits per heavy atom. The van der Waals surface area contributed by atoms with Crippen LogP contribution in [0, 0.1) is 21.8 Å². The molecule has 0 atom stereocenters. The summed E-state index contributed by atoms with van der Waals surface area (Å²) >= 11 is 2.06. The van der Waals surface area contributed by atoms with E-state index in [4.69, 9.17) is 9.47 Å². The molecule has 3 aromatic carbocycles. The molecule has 35 heavy (non-hydrogen) atoms. The standard InChI is InChI=1S/C26H20F3IN2O3/c1-16-6-8-17(9-7-16)15-35-24-22(30)11-18(12-23(24)34-2)10-19(14-31)25(33)32-21-5-3-4-20(13-21)26(27,28)29/h3-13H,15H2,1-2H3,(H,32,33)/b19-10+. The zero-order valence-electron chi connectivity index (χ0n) is 18.7. The highest BCUT2D eigenvalue weighted by molar-refractivity contribution is 14.1. The Morgan fingerprint density at radius 2 is 1.86 bits per heavy atom. The first-order valence-electron chi connectivity index (χ1n) is 10.3. The molecule has 0 saturated carbocycles. The van der Waals surface area contributed by atoms with E-state index >= 15 is 0 Å². The molecule has 0 unspecified atom stereocenters. The van der Waals surface area contributed by atoms with Crippen molar-refractivity contribution in [3.05, 3.63) is 92.1 Å². The van der Waals surface area contributed by atoms with Crippen LogP contribution in [-0.2, 0) is 17.6 Å². The zero-order chi connectivity index (χ0) is 25.6. The molecule has 5 nitrogen and oxygen atoms in total. The molecule has 0 bridgehead atoms. The number of benzene rings is 3. The maximum absolute atomic E-state index is 12.9. The van der Waals surface area contributed by atoms with Gasteiger partial charge < -0.3 is 14.8 Å². The molecule has 0 aromatic heterocycles. The predicted octanol–water partition coefficient (Wildman–Crippen LogP) is 6.75. The van der Waals surface area contributed by atoms with Crippen LogP contribution in [0.25, 0.3) is 6.08 Å². The molecule has 0 fully saturated rings. The fraction of sp³-hybridized carbons (Fsp3) is 0.154. The van der Waals surface area contributed by atoms with E-state index in [9.17, 15) is 23.2 Å². The van der Waals surface area contributed by atoms with Gasteiger partial charge in [-0.15, -0.1) is 0 Å². The summed E-state index contributed by atoms with van der Waals surface area (Å²) in [5.41, 5.74) is 1.35. The summed E-state index contributed by atoms with van der Waals surface area (Å²) in [6.45, 7) is 2.32. The number of hydrogen-bond acceptors (Lipinski definition) is 4. The van der Waals surface area contributed by atoms with Gasteiger partial charge in [0, 0.05) is 5.69 Å². The van der Waals surface area contributed by atoms with Crippen LogP contribution in [0.3, 0.4) is 0 Å². The minimum absolute atomic E-state index is 0.0713. The summed E-state index contributed by atoms with van der Waals surface area (Å²) in [6, 6.07) is 17.2. The van der Waals surface area contributed by atoms with Gasteiger partial charge >= 0.3 is 6.18 Å². The number of nitriles is 1. The number of rotatable bonds is 7. The van der Waals surface area contributed by atoms with Crippen LogP contribution >= 0.6 is 22.6 Å². The number of amides is 1. The van der Waals surface area contributed by atoms with Crippen molar-refractivity contribution in [1.82, 2.24) is 0 Å². The molecule has 0 heterocycles. The van der Waals surface area contributed by atoms with Gasteiger partial charge in [0.25, 0.3) is 5.91 Å². The number of nitrogens with one attached hydrogen (secondary N) is 1. The van der Waals surface area contributed by atoms with Gasteiger partial charge in [0.1, 0.15) is 18.2 Å². The second-order valence-corrected chi connectivity index (χ2v) is 8.67. The Hall–Kier alpha value is -3.52. The van der Waals surface area contributed by atoms with Crippen molar-refractivity contribution in [2.45, 2.75) is 19.7 Å². The number of aryl methyl sites for hydroxylation is 1. The highest BCUT2D eigenvalue weighted by atomic mass is 127. The van der Waals surface area contributed by atoms with Crippen LogP contribution in [0.15, 0.2) is 66.2 Å². The SMILES string of the molecule is COc1cc(/C=C(\C#N)C(=O)Nc2cccc(C(F)(F)F)c2)cc(I)c1OCc1ccc(C)cc1. The molecule has 3 rings (SSSR count). The van der Waals surface area contributed by atoms with Gasteiger partial charge in [-0.3, -0.25) is 4.79 Å². The van der Waals surface area contributed by atoms with E-state index < -0.39 is 17.6 Å². The van der Waals surface area contributed by atoms with Crippen molar-refractivity contribution in [3.63, 3.8) is 0 Å². The largest absolute Gasteiger partial charge is 0.493 e. The van der Waals surface area contributed by atoms with Crippen LogP contribution in [0.4, 0.5) is 18.9 Å². The number of anilines is 1. The average molecular weight is 592 g/mol. The fourth-order valence-electron chi connectivity index (χ4n) is 3.09. The number of carbonyl (C=O) groups is 1. The lowest BCUT2D eigenvalue weighted by atomic mass is 10.1. The minimum Gasteiger partial charge on any atom is -0.493 e. The monoisotopic (exact) mass is 592 g/mol. The second-order valence-electron chi connectivity index (χ2n) is 7.51. The minimum atomic E-state index is -4.55. The Morgan fingerprint density at radius 3 is 2.49 bits per heavy atom. The van der Waals surface area contributed by atoms with Gasteiger partial charge in [-0.25, -0.2) is 0 Å². The van der Waals surface area contributed by atoms with Crippen LogP contribution in [0.1, 0.15) is 22.3 Å². The van der Waals surface area contributed by atoms with Gasteiger partial charge in [0.05, 0.1) is 16.2 Å². The summed E-state index contributed by atoms with van der Waals surface area (Å²) in [5.74, 6) is 0.0871. The van der Waals surface area contributed by atoms with E-state index in [-0.39, 0.29) is 11.3 Å². The van der Waals surface area contributed by atoms with E-state index in [0.717, 1.165) is 23.3 Å². The molecule has 0 radical (unpaired) electrons. The third kappa shape index (κ3) is 6.99. The van der Waals surface area contributed by atoms with Gasteiger partial charge in [-0.05, 0) is 77.0 Å². The van der Waals surface area contributed by atoms with Crippen molar-refractivity contribution in [2.75, 3.05) is 12.4 Å². The third-order valence-electron chi connectivity index (χ3n) is 4.88. The molecule has 0 aliphatic carbocycles. The first-order valence-corrected chi connectivity index (χ1v) is 11.3. The predicted molar refractivity (Wildman–Crippen MR) is 135 cm³/mol. The summed E-state index contributed by atoms with van der Waals surface area (Å²) < 4.78 is 50.9. The fourth-order valence-corrected chi connectivity index (χ4v) is 3.87. The van der Waals surface area contributed by atoms with Crippen LogP contribution in [0.2, 0.25) is 0 Å². The van der Waals surface area contributed by atoms with Gasteiger partial charge in [0.15, 0.2) is 11.5 Å². The first kappa shape index (κ1) is 26.1. The number of halogens is 4. The molecule has 0 aliphatic rings. The highest BCUT2D eigenvalue weighted by Gasteiger charge is 2.30. The number of carbonyl (C=O) groups excluding carboxylic acids is 1. The smallest absolute Gasteiger partial charge is 0.416 e. The van der Waals surface area contributed by atoms with Crippen molar-refractivity contribution in [3.8, 4) is 17.6 Å². The van der Waals surface area contributed by atoms with Crippen molar-refractivity contribution in [1.29, 1.82) is 5.26 Å². The summed E-state index contributed by atoms with van der Waals surface area (Å²) in [4.78, 5) is 12.6. The molecular formula is C26H20F3IN2O3. The lowest BCUT2D eigenvalue weighted by Gasteiger charge is -2.14. The normalized spacial score (nSPS) is 11.5. The van der Waals surface area contributed by atoms with Gasteiger partial charge in [0.2, 0.25) is 0 Å². The van der Waals surface area contributed by atoms with Gasteiger partial charge in [-0.2, -0.15) is 18.4 Å². The maximum atomic E-state index is 12.9. The van der Waals surface area contributed by atoms with Gasteiger partial charge in [-0.1, -0.05) is 35.9 Å². The molecule has 1 amide bonds. The first-order chi connectivity index (χ1) is 16.6. The van der Waals surface area contributed by atoms with E-state index in [0.29, 0.717) is 27.2 Å². The molecule has 0 spiro atoms. The zero-order valence-corrected chi connectivity index (χ0v) is 20.9. The number of methoxy groups -OCH3 is 1. The number of nitrogens with zero attached hydrogens (tertiary/aromatic N) is 1. The highest BCUT2D eigenvalue weighted by Crippen LogP contribution is 2.35. The van der Waals surface area contributed by atoms with Crippen LogP contribution in [0.5, 0.6) is 11.5 Å². The van der Waals surface area contributed by atoms with Crippen molar-refractivity contribution in [2.24, 2.45) is 0 Å². The van der Waals surface area contributed by atoms with Crippen molar-refractivity contribution < 1.29 is 27.4 Å². The summed E-state index contributed by atoms with van der Waals surface area (Å²) in [7, 11) is 1.48. The Balaban J connectivity index is 1.81. The molecular weight excluding hydrogens is 572 g/mol. The Labute approximate surface area is 214 Å². The maximum Gasteiger partial charge on any atom is 0.416 e. The van der Waals surface area contributed by atoms with E-state index in [1.165, 1.54) is 25.3 Å². The van der Waals surface area contributed by atoms with Crippen LogP contribution in [-0.4, -0.2) is 13.0 Å². The van der Waals surface area contributed by atoms with Crippen LogP contribution < -0.4 is 14.8 Å². The average Bonchev–Trinajstić information content (AvgIpc) is 2.82. The molecule has 1 N–H and O–H groups in total. The Kier molecular flexibility index (Phi) is 8.40. The molecule has 0 saturated heterocycles. The Bertz CT molecular complexity index is 1300. The number of hydrogen-bond donors (Lipinski definition) is 1. The third-order valence-corrected chi connectivity index (χ3v) is 5.68. The summed E-state index contributed by atoms with van der Waals surface area (Å²) in [6.07, 6.45) is -3.22. The lowest BCUT2D eigenvalue weighted by molar-refractivity contribution is -0.137. The number of alkyl halides is 3. The van der Waals surface area contributed by atoms with E-state index in [1.54, 1.807) is 18.2 Å². The molecule has 0 aliphatic heterocycles. The van der Waals surface area contributed by atoms with E-state index in [2.05, 4.69) is 27.9 Å². The quantitative estimate of drug-likeness (QED) is 0.187. The van der Waals surface area contributed by atoms with E-state index in [1.807, 2.05) is 31.2 Å². The van der Waals surface area contributed by atoms with Crippen molar-refractivity contribution >= 4 is 40.3 Å². The molecule has 9 heteroatoms. The summed E-state index contributed by atoms with van der Waals surface area (Å²) in [5, 5.41) is 11.8. The topological polar surface area (TPSA) is 71.3 Å². The molecule has 180 valence electrons. The number of ether oxygens (including phenoxy) is 2. The second kappa shape index (κ2) is 11.3. The molecule has 3 aromatic rings. The lowest BCUT2D eigenvalue weighted by Crippen LogP contribution is -2.14.